The third-order valence-corrected chi connectivity index (χ3v) is 8.16. The summed E-state index contributed by atoms with van der Waals surface area (Å²) in [4.78, 5) is 17.3. The van der Waals surface area contributed by atoms with Crippen molar-refractivity contribution in [2.45, 2.75) is 30.4 Å². The van der Waals surface area contributed by atoms with E-state index in [9.17, 15) is 13.2 Å². The van der Waals surface area contributed by atoms with E-state index >= 15 is 0 Å². The quantitative estimate of drug-likeness (QED) is 0.256. The van der Waals surface area contributed by atoms with E-state index in [4.69, 9.17) is 14.4 Å². The number of thioether (sulfide) groups is 1. The Morgan fingerprint density at radius 2 is 1.74 bits per heavy atom. The number of aryl methyl sites for hydroxylation is 1. The molecule has 0 radical (unpaired) electrons. The van der Waals surface area contributed by atoms with Crippen molar-refractivity contribution in [2.75, 3.05) is 22.1 Å². The number of primary sulfonamides is 1. The number of anilines is 2. The first-order valence-electron chi connectivity index (χ1n) is 12.2. The third kappa shape index (κ3) is 6.41. The van der Waals surface area contributed by atoms with Gasteiger partial charge in [-0.2, -0.15) is 16.7 Å². The van der Waals surface area contributed by atoms with E-state index < -0.39 is 21.8 Å². The van der Waals surface area contributed by atoms with Crippen molar-refractivity contribution >= 4 is 39.3 Å². The highest BCUT2D eigenvalue weighted by Crippen LogP contribution is 2.34. The van der Waals surface area contributed by atoms with Gasteiger partial charge in [0, 0.05) is 42.3 Å². The van der Waals surface area contributed by atoms with Gasteiger partial charge in [-0.1, -0.05) is 53.7 Å². The SMILES string of the molecule is Cc1nc(-c2cccc(NC3(OC(=O)Nc4ccc(-c5ccccc5)c(S(N)(=O)=O)c4)CCSCC3)c2)no1. The molecule has 0 saturated carbocycles. The number of carbonyl (C=O) groups is 1. The average Bonchev–Trinajstić information content (AvgIpc) is 3.35. The molecule has 0 atom stereocenters. The molecule has 0 unspecified atom stereocenters. The highest BCUT2D eigenvalue weighted by atomic mass is 32.2. The Bertz CT molecular complexity index is 1590. The summed E-state index contributed by atoms with van der Waals surface area (Å²) < 4.78 is 35.8. The second-order valence-electron chi connectivity index (χ2n) is 9.09. The molecular formula is C27H27N5O5S2. The number of nitrogens with two attached hydrogens (primary N) is 1. The summed E-state index contributed by atoms with van der Waals surface area (Å²) in [5.74, 6) is 2.52. The molecule has 12 heteroatoms. The lowest BCUT2D eigenvalue weighted by molar-refractivity contribution is 0.0354. The predicted octanol–water partition coefficient (Wildman–Crippen LogP) is 5.24. The van der Waals surface area contributed by atoms with Gasteiger partial charge in [0.15, 0.2) is 5.72 Å². The van der Waals surface area contributed by atoms with Gasteiger partial charge in [-0.05, 0) is 41.3 Å². The number of ether oxygens (including phenoxy) is 1. The minimum Gasteiger partial charge on any atom is -0.423 e. The largest absolute Gasteiger partial charge is 0.423 e. The van der Waals surface area contributed by atoms with Crippen LogP contribution in [0.2, 0.25) is 0 Å². The summed E-state index contributed by atoms with van der Waals surface area (Å²) in [5, 5.41) is 15.5. The fourth-order valence-electron chi connectivity index (χ4n) is 4.38. The summed E-state index contributed by atoms with van der Waals surface area (Å²) in [5.41, 5.74) is 1.91. The number of nitrogens with one attached hydrogen (secondary N) is 2. The Hall–Kier alpha value is -3.87. The van der Waals surface area contributed by atoms with Crippen LogP contribution < -0.4 is 15.8 Å². The minimum atomic E-state index is -4.07. The maximum absolute atomic E-state index is 13.1. The van der Waals surface area contributed by atoms with Crippen LogP contribution in [0.5, 0.6) is 0 Å². The van der Waals surface area contributed by atoms with Crippen molar-refractivity contribution in [3.63, 3.8) is 0 Å². The number of aromatic nitrogens is 2. The molecule has 1 saturated heterocycles. The Kier molecular flexibility index (Phi) is 7.60. The van der Waals surface area contributed by atoms with Crippen LogP contribution in [0.3, 0.4) is 0 Å². The van der Waals surface area contributed by atoms with Gasteiger partial charge in [-0.25, -0.2) is 18.4 Å². The number of nitrogens with zero attached hydrogens (tertiary/aromatic N) is 2. The van der Waals surface area contributed by atoms with Gasteiger partial charge in [-0.15, -0.1) is 0 Å². The summed E-state index contributed by atoms with van der Waals surface area (Å²) in [7, 11) is -4.07. The minimum absolute atomic E-state index is 0.0954. The van der Waals surface area contributed by atoms with Crippen LogP contribution in [0.15, 0.2) is 82.2 Å². The van der Waals surface area contributed by atoms with Crippen LogP contribution in [0.25, 0.3) is 22.5 Å². The number of benzene rings is 3. The molecule has 1 aliphatic heterocycles. The molecule has 39 heavy (non-hydrogen) atoms. The molecule has 2 heterocycles. The van der Waals surface area contributed by atoms with Crippen LogP contribution >= 0.6 is 11.8 Å². The van der Waals surface area contributed by atoms with Gasteiger partial charge < -0.3 is 14.6 Å². The molecule has 5 rings (SSSR count). The summed E-state index contributed by atoms with van der Waals surface area (Å²) in [6.07, 6.45) is 0.435. The van der Waals surface area contributed by atoms with Crippen LogP contribution in [0.1, 0.15) is 18.7 Å². The van der Waals surface area contributed by atoms with E-state index in [0.29, 0.717) is 35.7 Å². The number of rotatable bonds is 7. The Balaban J connectivity index is 1.36. The highest BCUT2D eigenvalue weighted by Gasteiger charge is 2.36. The molecule has 10 nitrogen and oxygen atoms in total. The fourth-order valence-corrected chi connectivity index (χ4v) is 6.32. The van der Waals surface area contributed by atoms with Crippen molar-refractivity contribution in [3.8, 4) is 22.5 Å². The monoisotopic (exact) mass is 565 g/mol. The molecule has 0 bridgehead atoms. The van der Waals surface area contributed by atoms with E-state index in [1.54, 1.807) is 55.1 Å². The molecule has 202 valence electrons. The van der Waals surface area contributed by atoms with Gasteiger partial charge in [0.05, 0.1) is 4.90 Å². The van der Waals surface area contributed by atoms with Crippen LogP contribution in [0, 0.1) is 6.92 Å². The molecule has 0 aliphatic carbocycles. The number of amides is 1. The van der Waals surface area contributed by atoms with E-state index in [2.05, 4.69) is 20.8 Å². The summed E-state index contributed by atoms with van der Waals surface area (Å²) >= 11 is 1.78. The first-order valence-corrected chi connectivity index (χ1v) is 14.9. The Labute approximate surface area is 230 Å². The van der Waals surface area contributed by atoms with Crippen molar-refractivity contribution in [1.29, 1.82) is 0 Å². The van der Waals surface area contributed by atoms with Gasteiger partial charge >= 0.3 is 6.09 Å². The zero-order valence-corrected chi connectivity index (χ0v) is 22.7. The van der Waals surface area contributed by atoms with Crippen molar-refractivity contribution in [3.05, 3.63) is 78.7 Å². The lowest BCUT2D eigenvalue weighted by Gasteiger charge is -2.37. The van der Waals surface area contributed by atoms with E-state index in [-0.39, 0.29) is 10.6 Å². The molecule has 4 aromatic rings. The molecule has 1 aromatic heterocycles. The van der Waals surface area contributed by atoms with Crippen LogP contribution in [-0.4, -0.2) is 41.9 Å². The maximum Gasteiger partial charge on any atom is 0.413 e. The van der Waals surface area contributed by atoms with Crippen molar-refractivity contribution in [2.24, 2.45) is 5.14 Å². The van der Waals surface area contributed by atoms with Crippen molar-refractivity contribution < 1.29 is 22.5 Å². The Morgan fingerprint density at radius 1 is 1.00 bits per heavy atom. The van der Waals surface area contributed by atoms with Crippen LogP contribution in [0.4, 0.5) is 16.2 Å². The maximum atomic E-state index is 13.1. The standard InChI is InChI=1S/C27H27N5O5S2/c1-18-29-25(32-37-18)20-8-5-9-22(16-20)31-27(12-14-38-15-13-27)36-26(33)30-21-10-11-23(19-6-3-2-4-7-19)24(17-21)39(28,34)35/h2-11,16-17,31H,12-15H2,1H3,(H,30,33)(H2,28,34,35). The van der Waals surface area contributed by atoms with E-state index in [1.807, 2.05) is 30.3 Å². The second-order valence-corrected chi connectivity index (χ2v) is 11.8. The van der Waals surface area contributed by atoms with Gasteiger partial charge in [0.2, 0.25) is 21.7 Å². The third-order valence-electron chi connectivity index (χ3n) is 6.23. The lowest BCUT2D eigenvalue weighted by atomic mass is 10.1. The first-order chi connectivity index (χ1) is 18.7. The zero-order chi connectivity index (χ0) is 27.5. The fraction of sp³-hybridized carbons (Fsp3) is 0.222. The van der Waals surface area contributed by atoms with E-state index in [0.717, 1.165) is 22.8 Å². The number of carbonyl (C=O) groups excluding carboxylic acids is 1. The van der Waals surface area contributed by atoms with Gasteiger partial charge in [0.25, 0.3) is 0 Å². The average molecular weight is 566 g/mol. The Morgan fingerprint density at radius 3 is 2.44 bits per heavy atom. The molecule has 1 amide bonds. The lowest BCUT2D eigenvalue weighted by Crippen LogP contribution is -2.47. The first kappa shape index (κ1) is 26.7. The van der Waals surface area contributed by atoms with Gasteiger partial charge in [0.1, 0.15) is 0 Å². The number of sulfonamides is 1. The molecule has 1 aliphatic rings. The highest BCUT2D eigenvalue weighted by molar-refractivity contribution is 7.99. The number of hydrogen-bond donors (Lipinski definition) is 3. The van der Waals surface area contributed by atoms with Crippen LogP contribution in [-0.2, 0) is 14.8 Å². The second kappa shape index (κ2) is 11.1. The molecule has 1 fully saturated rings. The molecule has 4 N–H and O–H groups in total. The number of hydrogen-bond acceptors (Lipinski definition) is 9. The smallest absolute Gasteiger partial charge is 0.413 e. The predicted molar refractivity (Wildman–Crippen MR) is 151 cm³/mol. The molecule has 3 aromatic carbocycles. The topological polar surface area (TPSA) is 149 Å². The summed E-state index contributed by atoms with van der Waals surface area (Å²) in [6.45, 7) is 1.72. The van der Waals surface area contributed by atoms with Gasteiger partial charge in [-0.3, -0.25) is 5.32 Å². The van der Waals surface area contributed by atoms with Crippen molar-refractivity contribution in [1.82, 2.24) is 10.1 Å². The summed E-state index contributed by atoms with van der Waals surface area (Å²) in [6, 6.07) is 21.1. The van der Waals surface area contributed by atoms with E-state index in [1.165, 1.54) is 6.07 Å². The normalized spacial score (nSPS) is 14.9. The zero-order valence-electron chi connectivity index (χ0n) is 21.1. The molecular weight excluding hydrogens is 538 g/mol. The molecule has 0 spiro atoms.